The van der Waals surface area contributed by atoms with E-state index >= 15 is 0 Å². The number of aliphatic hydroxyl groups excluding tert-OH is 1. The molecule has 6 heteroatoms. The summed E-state index contributed by atoms with van der Waals surface area (Å²) in [6.07, 6.45) is -0.0901. The first kappa shape index (κ1) is 18.4. The quantitative estimate of drug-likeness (QED) is 0.734. The molecule has 1 saturated heterocycles. The van der Waals surface area contributed by atoms with Crippen LogP contribution >= 0.6 is 0 Å². The molecular formula is C20H24O6. The molecule has 3 N–H and O–H groups in total. The molecule has 1 heterocycles. The maximum Gasteiger partial charge on any atom is 0.160 e. The van der Waals surface area contributed by atoms with Gasteiger partial charge in [-0.3, -0.25) is 0 Å². The van der Waals surface area contributed by atoms with E-state index in [9.17, 15) is 15.3 Å². The van der Waals surface area contributed by atoms with E-state index in [1.165, 1.54) is 20.3 Å². The number of hydrogen-bond donors (Lipinski definition) is 3. The Kier molecular flexibility index (Phi) is 5.54. The van der Waals surface area contributed by atoms with Gasteiger partial charge in [-0.15, -0.1) is 0 Å². The fourth-order valence-corrected chi connectivity index (χ4v) is 3.48. The molecule has 0 saturated carbocycles. The highest BCUT2D eigenvalue weighted by Crippen LogP contribution is 2.38. The van der Waals surface area contributed by atoms with Crippen LogP contribution < -0.4 is 9.47 Å². The van der Waals surface area contributed by atoms with Crippen LogP contribution in [0, 0.1) is 11.8 Å². The summed E-state index contributed by atoms with van der Waals surface area (Å²) in [5.41, 5.74) is 1.58. The molecule has 2 aromatic rings. The molecule has 0 radical (unpaired) electrons. The Bertz CT molecular complexity index is 760. The van der Waals surface area contributed by atoms with Crippen molar-refractivity contribution in [1.29, 1.82) is 0 Å². The van der Waals surface area contributed by atoms with E-state index in [0.717, 1.165) is 5.56 Å². The van der Waals surface area contributed by atoms with Gasteiger partial charge in [0.05, 0.1) is 33.5 Å². The van der Waals surface area contributed by atoms with Gasteiger partial charge < -0.3 is 29.5 Å². The van der Waals surface area contributed by atoms with Crippen molar-refractivity contribution in [1.82, 2.24) is 0 Å². The van der Waals surface area contributed by atoms with E-state index in [0.29, 0.717) is 36.7 Å². The predicted molar refractivity (Wildman–Crippen MR) is 95.8 cm³/mol. The highest BCUT2D eigenvalue weighted by atomic mass is 16.5. The SMILES string of the molecule is COc1ccc(CC2COCC2[C@H](O)c2ccc(OC)c(O)c2)cc1O. The summed E-state index contributed by atoms with van der Waals surface area (Å²) in [5, 5.41) is 30.7. The zero-order valence-electron chi connectivity index (χ0n) is 14.9. The molecule has 3 rings (SSSR count). The maximum atomic E-state index is 10.8. The molecule has 0 aromatic heterocycles. The molecule has 0 amide bonds. The van der Waals surface area contributed by atoms with Gasteiger partial charge in [0.25, 0.3) is 0 Å². The fraction of sp³-hybridized carbons (Fsp3) is 0.400. The smallest absolute Gasteiger partial charge is 0.160 e. The molecule has 2 aromatic carbocycles. The van der Waals surface area contributed by atoms with Crippen molar-refractivity contribution < 1.29 is 29.5 Å². The van der Waals surface area contributed by atoms with Gasteiger partial charge in [0.2, 0.25) is 0 Å². The number of rotatable bonds is 6. The first-order chi connectivity index (χ1) is 12.5. The van der Waals surface area contributed by atoms with Gasteiger partial charge in [0.1, 0.15) is 0 Å². The van der Waals surface area contributed by atoms with Crippen molar-refractivity contribution in [3.63, 3.8) is 0 Å². The zero-order chi connectivity index (χ0) is 18.7. The summed E-state index contributed by atoms with van der Waals surface area (Å²) in [7, 11) is 2.99. The Balaban J connectivity index is 1.75. The second-order valence-corrected chi connectivity index (χ2v) is 6.55. The number of hydrogen-bond acceptors (Lipinski definition) is 6. The van der Waals surface area contributed by atoms with Crippen molar-refractivity contribution in [2.45, 2.75) is 12.5 Å². The van der Waals surface area contributed by atoms with E-state index in [4.69, 9.17) is 14.2 Å². The Morgan fingerprint density at radius 3 is 2.27 bits per heavy atom. The highest BCUT2D eigenvalue weighted by molar-refractivity contribution is 5.43. The van der Waals surface area contributed by atoms with E-state index in [-0.39, 0.29) is 23.3 Å². The lowest BCUT2D eigenvalue weighted by Crippen LogP contribution is -2.22. The standard InChI is InChI=1S/C20H24O6/c1-24-18-5-3-12(8-16(18)21)7-14-10-26-11-15(14)20(23)13-4-6-19(25-2)17(22)9-13/h3-6,8-9,14-15,20-23H,7,10-11H2,1-2H3/t14?,15?,20-/m1/s1. The highest BCUT2D eigenvalue weighted by Gasteiger charge is 2.35. The van der Waals surface area contributed by atoms with Crippen LogP contribution in [0.4, 0.5) is 0 Å². The molecule has 2 unspecified atom stereocenters. The number of aromatic hydroxyl groups is 2. The average Bonchev–Trinajstić information content (AvgIpc) is 3.09. The van der Waals surface area contributed by atoms with Gasteiger partial charge in [0, 0.05) is 5.92 Å². The van der Waals surface area contributed by atoms with E-state index in [1.54, 1.807) is 24.3 Å². The molecule has 3 atom stereocenters. The summed E-state index contributed by atoms with van der Waals surface area (Å²) in [6, 6.07) is 10.2. The van der Waals surface area contributed by atoms with Gasteiger partial charge in [-0.2, -0.15) is 0 Å². The lowest BCUT2D eigenvalue weighted by Gasteiger charge is -2.24. The first-order valence-corrected chi connectivity index (χ1v) is 8.52. The van der Waals surface area contributed by atoms with Crippen molar-refractivity contribution in [2.75, 3.05) is 27.4 Å². The third kappa shape index (κ3) is 3.71. The molecule has 1 fully saturated rings. The summed E-state index contributed by atoms with van der Waals surface area (Å²) in [4.78, 5) is 0. The molecular weight excluding hydrogens is 336 g/mol. The summed E-state index contributed by atoms with van der Waals surface area (Å²) < 4.78 is 15.7. The number of phenolic OH excluding ortho intramolecular Hbond substituents is 2. The topological polar surface area (TPSA) is 88.4 Å². The maximum absolute atomic E-state index is 10.8. The Morgan fingerprint density at radius 2 is 1.65 bits per heavy atom. The lowest BCUT2D eigenvalue weighted by molar-refractivity contribution is 0.0809. The van der Waals surface area contributed by atoms with Crippen LogP contribution in [0.25, 0.3) is 0 Å². The fourth-order valence-electron chi connectivity index (χ4n) is 3.48. The molecule has 0 spiro atoms. The number of benzene rings is 2. The molecule has 0 bridgehead atoms. The third-order valence-electron chi connectivity index (χ3n) is 4.94. The second-order valence-electron chi connectivity index (χ2n) is 6.55. The summed E-state index contributed by atoms with van der Waals surface area (Å²) >= 11 is 0. The molecule has 1 aliphatic heterocycles. The molecule has 0 aliphatic carbocycles. The van der Waals surface area contributed by atoms with Crippen molar-refractivity contribution >= 4 is 0 Å². The van der Waals surface area contributed by atoms with Gasteiger partial charge >= 0.3 is 0 Å². The van der Waals surface area contributed by atoms with Crippen LogP contribution in [0.15, 0.2) is 36.4 Å². The van der Waals surface area contributed by atoms with Gasteiger partial charge in [0.15, 0.2) is 23.0 Å². The monoisotopic (exact) mass is 360 g/mol. The lowest BCUT2D eigenvalue weighted by atomic mass is 9.83. The van der Waals surface area contributed by atoms with E-state index in [2.05, 4.69) is 0 Å². The molecule has 1 aliphatic rings. The van der Waals surface area contributed by atoms with Crippen LogP contribution in [0.3, 0.4) is 0 Å². The van der Waals surface area contributed by atoms with Crippen LogP contribution in [0.1, 0.15) is 17.2 Å². The number of aliphatic hydroxyl groups is 1. The van der Waals surface area contributed by atoms with Crippen molar-refractivity contribution in [3.8, 4) is 23.0 Å². The van der Waals surface area contributed by atoms with Crippen molar-refractivity contribution in [2.24, 2.45) is 11.8 Å². The molecule has 26 heavy (non-hydrogen) atoms. The Morgan fingerprint density at radius 1 is 1.00 bits per heavy atom. The minimum atomic E-state index is -0.758. The van der Waals surface area contributed by atoms with Gasteiger partial charge in [-0.25, -0.2) is 0 Å². The third-order valence-corrected chi connectivity index (χ3v) is 4.94. The van der Waals surface area contributed by atoms with Gasteiger partial charge in [-0.05, 0) is 47.7 Å². The largest absolute Gasteiger partial charge is 0.504 e. The number of phenols is 2. The Hall–Kier alpha value is -2.44. The van der Waals surface area contributed by atoms with Crippen LogP contribution in [0.2, 0.25) is 0 Å². The van der Waals surface area contributed by atoms with Crippen molar-refractivity contribution in [3.05, 3.63) is 47.5 Å². The second kappa shape index (κ2) is 7.85. The van der Waals surface area contributed by atoms with Gasteiger partial charge in [-0.1, -0.05) is 12.1 Å². The normalized spacial score (nSPS) is 20.7. The van der Waals surface area contributed by atoms with E-state index < -0.39 is 6.10 Å². The number of ether oxygens (including phenoxy) is 3. The number of methoxy groups -OCH3 is 2. The van der Waals surface area contributed by atoms with Crippen LogP contribution in [-0.2, 0) is 11.2 Å². The predicted octanol–water partition coefficient (Wildman–Crippen LogP) is 2.65. The minimum Gasteiger partial charge on any atom is -0.504 e. The summed E-state index contributed by atoms with van der Waals surface area (Å²) in [5.74, 6) is 0.894. The zero-order valence-corrected chi connectivity index (χ0v) is 14.9. The average molecular weight is 360 g/mol. The minimum absolute atomic E-state index is 0.000378. The first-order valence-electron chi connectivity index (χ1n) is 8.52. The molecule has 140 valence electrons. The van der Waals surface area contributed by atoms with Crippen LogP contribution in [-0.4, -0.2) is 42.8 Å². The molecule has 6 nitrogen and oxygen atoms in total. The van der Waals surface area contributed by atoms with E-state index in [1.807, 2.05) is 6.07 Å². The Labute approximate surface area is 152 Å². The summed E-state index contributed by atoms with van der Waals surface area (Å²) in [6.45, 7) is 0.984. The van der Waals surface area contributed by atoms with Crippen LogP contribution in [0.5, 0.6) is 23.0 Å².